The molecule has 1 unspecified atom stereocenters. The summed E-state index contributed by atoms with van der Waals surface area (Å²) in [6, 6.07) is 10.6. The summed E-state index contributed by atoms with van der Waals surface area (Å²) in [5.41, 5.74) is 1.38. The lowest BCUT2D eigenvalue weighted by Gasteiger charge is -2.11. The zero-order chi connectivity index (χ0) is 10.9. The van der Waals surface area contributed by atoms with E-state index in [-0.39, 0.29) is 0 Å². The van der Waals surface area contributed by atoms with Crippen LogP contribution in [0, 0.1) is 5.92 Å². The molecular formula is C14H23N. The standard InChI is InChI=1S/C14H23N/c1-3-4-8-13(2)11-15-12-14-9-6-5-7-10-14/h5-7,9-10,13,15H,3-4,8,11-12H2,1-2H3. The minimum absolute atomic E-state index is 0.800. The van der Waals surface area contributed by atoms with Crippen molar-refractivity contribution in [2.24, 2.45) is 5.92 Å². The molecule has 0 aromatic heterocycles. The molecule has 0 heterocycles. The van der Waals surface area contributed by atoms with Crippen LogP contribution in [0.1, 0.15) is 38.7 Å². The van der Waals surface area contributed by atoms with Crippen molar-refractivity contribution in [1.82, 2.24) is 5.32 Å². The topological polar surface area (TPSA) is 12.0 Å². The largest absolute Gasteiger partial charge is 0.312 e. The number of hydrogen-bond acceptors (Lipinski definition) is 1. The molecule has 1 aromatic carbocycles. The molecule has 0 saturated heterocycles. The lowest BCUT2D eigenvalue weighted by molar-refractivity contribution is 0.464. The van der Waals surface area contributed by atoms with Crippen LogP contribution in [0.3, 0.4) is 0 Å². The highest BCUT2D eigenvalue weighted by atomic mass is 14.8. The summed E-state index contributed by atoms with van der Waals surface area (Å²) in [6.45, 7) is 6.71. The maximum Gasteiger partial charge on any atom is 0.0205 e. The Kier molecular flexibility index (Phi) is 6.10. The Morgan fingerprint density at radius 1 is 1.20 bits per heavy atom. The summed E-state index contributed by atoms with van der Waals surface area (Å²) in [5, 5.41) is 3.51. The lowest BCUT2D eigenvalue weighted by atomic mass is 10.0. The van der Waals surface area contributed by atoms with Gasteiger partial charge in [-0.3, -0.25) is 0 Å². The first-order valence-electron chi connectivity index (χ1n) is 6.07. The van der Waals surface area contributed by atoms with Gasteiger partial charge in [-0.2, -0.15) is 0 Å². The number of hydrogen-bond donors (Lipinski definition) is 1. The normalized spacial score (nSPS) is 12.7. The maximum atomic E-state index is 3.51. The molecule has 1 atom stereocenters. The van der Waals surface area contributed by atoms with Crippen LogP contribution >= 0.6 is 0 Å². The van der Waals surface area contributed by atoms with Gasteiger partial charge in [0.25, 0.3) is 0 Å². The zero-order valence-electron chi connectivity index (χ0n) is 10.00. The summed E-state index contributed by atoms with van der Waals surface area (Å²) >= 11 is 0. The van der Waals surface area contributed by atoms with Crippen LogP contribution in [0.25, 0.3) is 0 Å². The van der Waals surface area contributed by atoms with Crippen LogP contribution in [0.4, 0.5) is 0 Å². The molecular weight excluding hydrogens is 182 g/mol. The van der Waals surface area contributed by atoms with E-state index < -0.39 is 0 Å². The highest BCUT2D eigenvalue weighted by molar-refractivity contribution is 5.14. The monoisotopic (exact) mass is 205 g/mol. The predicted molar refractivity (Wildman–Crippen MR) is 66.8 cm³/mol. The molecule has 0 aliphatic rings. The Bertz CT molecular complexity index is 243. The lowest BCUT2D eigenvalue weighted by Crippen LogP contribution is -2.20. The Hall–Kier alpha value is -0.820. The van der Waals surface area contributed by atoms with E-state index >= 15 is 0 Å². The van der Waals surface area contributed by atoms with Crippen LogP contribution in [0.5, 0.6) is 0 Å². The SMILES string of the molecule is CCCCC(C)CNCc1ccccc1. The smallest absolute Gasteiger partial charge is 0.0205 e. The van der Waals surface area contributed by atoms with Crippen molar-refractivity contribution in [2.75, 3.05) is 6.54 Å². The molecule has 1 rings (SSSR count). The van der Waals surface area contributed by atoms with Gasteiger partial charge in [0, 0.05) is 6.54 Å². The second-order valence-corrected chi connectivity index (χ2v) is 4.36. The average Bonchev–Trinajstić information content (AvgIpc) is 2.28. The molecule has 0 saturated carbocycles. The first kappa shape index (κ1) is 12.3. The van der Waals surface area contributed by atoms with Gasteiger partial charge < -0.3 is 5.32 Å². The third-order valence-corrected chi connectivity index (χ3v) is 2.72. The van der Waals surface area contributed by atoms with Crippen molar-refractivity contribution in [3.63, 3.8) is 0 Å². The maximum absolute atomic E-state index is 3.51. The Balaban J connectivity index is 2.11. The van der Waals surface area contributed by atoms with Crippen molar-refractivity contribution in [2.45, 2.75) is 39.7 Å². The minimum atomic E-state index is 0.800. The molecule has 84 valence electrons. The van der Waals surface area contributed by atoms with Crippen molar-refractivity contribution < 1.29 is 0 Å². The van der Waals surface area contributed by atoms with Gasteiger partial charge in [-0.25, -0.2) is 0 Å². The van der Waals surface area contributed by atoms with E-state index in [4.69, 9.17) is 0 Å². The first-order chi connectivity index (χ1) is 7.33. The van der Waals surface area contributed by atoms with E-state index in [9.17, 15) is 0 Å². The van der Waals surface area contributed by atoms with Crippen molar-refractivity contribution in [1.29, 1.82) is 0 Å². The van der Waals surface area contributed by atoms with Crippen LogP contribution in [-0.2, 0) is 6.54 Å². The molecule has 0 aliphatic carbocycles. The molecule has 1 N–H and O–H groups in total. The molecule has 0 amide bonds. The molecule has 15 heavy (non-hydrogen) atoms. The average molecular weight is 205 g/mol. The number of nitrogens with one attached hydrogen (secondary N) is 1. The van der Waals surface area contributed by atoms with E-state index in [1.54, 1.807) is 0 Å². The second kappa shape index (κ2) is 7.47. The van der Waals surface area contributed by atoms with Crippen molar-refractivity contribution >= 4 is 0 Å². The van der Waals surface area contributed by atoms with E-state index in [1.165, 1.54) is 24.8 Å². The minimum Gasteiger partial charge on any atom is -0.312 e. The van der Waals surface area contributed by atoms with E-state index in [2.05, 4.69) is 49.5 Å². The van der Waals surface area contributed by atoms with Gasteiger partial charge in [-0.1, -0.05) is 57.0 Å². The summed E-state index contributed by atoms with van der Waals surface area (Å²) in [7, 11) is 0. The Morgan fingerprint density at radius 3 is 2.60 bits per heavy atom. The summed E-state index contributed by atoms with van der Waals surface area (Å²) in [6.07, 6.45) is 4.01. The molecule has 0 bridgehead atoms. The third kappa shape index (κ3) is 5.58. The van der Waals surface area contributed by atoms with Crippen molar-refractivity contribution in [3.05, 3.63) is 35.9 Å². The fraction of sp³-hybridized carbons (Fsp3) is 0.571. The van der Waals surface area contributed by atoms with Gasteiger partial charge in [-0.05, 0) is 24.4 Å². The molecule has 1 heteroatoms. The molecule has 0 radical (unpaired) electrons. The van der Waals surface area contributed by atoms with Gasteiger partial charge in [0.05, 0.1) is 0 Å². The van der Waals surface area contributed by atoms with E-state index in [0.29, 0.717) is 0 Å². The Labute approximate surface area is 93.9 Å². The van der Waals surface area contributed by atoms with Crippen LogP contribution in [0.15, 0.2) is 30.3 Å². The van der Waals surface area contributed by atoms with Gasteiger partial charge in [-0.15, -0.1) is 0 Å². The summed E-state index contributed by atoms with van der Waals surface area (Å²) in [5.74, 6) is 0.800. The molecule has 1 nitrogen and oxygen atoms in total. The fourth-order valence-electron chi connectivity index (χ4n) is 1.71. The summed E-state index contributed by atoms with van der Waals surface area (Å²) < 4.78 is 0. The van der Waals surface area contributed by atoms with Gasteiger partial charge >= 0.3 is 0 Å². The second-order valence-electron chi connectivity index (χ2n) is 4.36. The fourth-order valence-corrected chi connectivity index (χ4v) is 1.71. The van der Waals surface area contributed by atoms with Gasteiger partial charge in [0.2, 0.25) is 0 Å². The number of unbranched alkanes of at least 4 members (excludes halogenated alkanes) is 1. The number of benzene rings is 1. The molecule has 1 aromatic rings. The zero-order valence-corrected chi connectivity index (χ0v) is 10.00. The highest BCUT2D eigenvalue weighted by Crippen LogP contribution is 2.06. The molecule has 0 aliphatic heterocycles. The van der Waals surface area contributed by atoms with Gasteiger partial charge in [0.15, 0.2) is 0 Å². The Morgan fingerprint density at radius 2 is 1.93 bits per heavy atom. The van der Waals surface area contributed by atoms with Crippen molar-refractivity contribution in [3.8, 4) is 0 Å². The molecule has 0 spiro atoms. The summed E-state index contributed by atoms with van der Waals surface area (Å²) in [4.78, 5) is 0. The third-order valence-electron chi connectivity index (χ3n) is 2.72. The van der Waals surface area contributed by atoms with Gasteiger partial charge in [0.1, 0.15) is 0 Å². The van der Waals surface area contributed by atoms with E-state index in [0.717, 1.165) is 19.0 Å². The first-order valence-corrected chi connectivity index (χ1v) is 6.07. The van der Waals surface area contributed by atoms with Crippen LogP contribution in [-0.4, -0.2) is 6.54 Å². The van der Waals surface area contributed by atoms with Crippen LogP contribution in [0.2, 0.25) is 0 Å². The predicted octanol–water partition coefficient (Wildman–Crippen LogP) is 3.60. The number of rotatable bonds is 7. The molecule has 0 fully saturated rings. The van der Waals surface area contributed by atoms with E-state index in [1.807, 2.05) is 0 Å². The van der Waals surface area contributed by atoms with Crippen LogP contribution < -0.4 is 5.32 Å². The quantitative estimate of drug-likeness (QED) is 0.717. The highest BCUT2D eigenvalue weighted by Gasteiger charge is 2.00.